The number of carboxylic acid groups (broad SMARTS) is 1. The standard InChI is InChI=1S/C13H14FN3O8/c1-2-3-24-13(23)16-9-5(14)4-17(12(22)15-9)10-7(19)6(18)8(25-10)11(20)21/h2,4,6-8,10,18-19H,1,3H2,(H,20,21)(H,15,16,22,23)/t6-,7+,8-,10?/m0/s1. The van der Waals surface area contributed by atoms with Crippen LogP contribution in [0.15, 0.2) is 23.6 Å². The Hall–Kier alpha value is -2.83. The van der Waals surface area contributed by atoms with Crippen molar-refractivity contribution in [3.63, 3.8) is 0 Å². The summed E-state index contributed by atoms with van der Waals surface area (Å²) < 4.78 is 23.9. The maximum absolute atomic E-state index is 14.0. The lowest BCUT2D eigenvalue weighted by Gasteiger charge is -2.17. The Balaban J connectivity index is 2.25. The van der Waals surface area contributed by atoms with Crippen molar-refractivity contribution in [2.45, 2.75) is 24.5 Å². The molecule has 25 heavy (non-hydrogen) atoms. The fraction of sp³-hybridized carbons (Fsp3) is 0.385. The number of rotatable bonds is 5. The van der Waals surface area contributed by atoms with Crippen molar-refractivity contribution in [3.05, 3.63) is 35.2 Å². The smallest absolute Gasteiger partial charge is 0.413 e. The van der Waals surface area contributed by atoms with Gasteiger partial charge in [-0.25, -0.2) is 18.8 Å². The van der Waals surface area contributed by atoms with E-state index in [4.69, 9.17) is 9.84 Å². The van der Waals surface area contributed by atoms with Crippen LogP contribution in [-0.4, -0.2) is 61.9 Å². The minimum absolute atomic E-state index is 0.152. The number of amides is 1. The van der Waals surface area contributed by atoms with E-state index in [-0.39, 0.29) is 6.61 Å². The van der Waals surface area contributed by atoms with Crippen LogP contribution in [0.1, 0.15) is 6.23 Å². The van der Waals surface area contributed by atoms with Crippen molar-refractivity contribution in [3.8, 4) is 0 Å². The van der Waals surface area contributed by atoms with Crippen LogP contribution in [0.25, 0.3) is 0 Å². The number of aromatic nitrogens is 2. The second-order valence-corrected chi connectivity index (χ2v) is 4.91. The molecule has 1 fully saturated rings. The van der Waals surface area contributed by atoms with E-state index in [1.807, 2.05) is 5.32 Å². The molecule has 2 rings (SSSR count). The molecular formula is C13H14FN3O8. The molecule has 1 aliphatic heterocycles. The van der Waals surface area contributed by atoms with Gasteiger partial charge in [0.1, 0.15) is 18.8 Å². The van der Waals surface area contributed by atoms with Gasteiger partial charge in [-0.2, -0.15) is 4.98 Å². The number of anilines is 1. The minimum atomic E-state index is -1.83. The highest BCUT2D eigenvalue weighted by atomic mass is 19.1. The summed E-state index contributed by atoms with van der Waals surface area (Å²) >= 11 is 0. The van der Waals surface area contributed by atoms with Gasteiger partial charge in [0.25, 0.3) is 0 Å². The quantitative estimate of drug-likeness (QED) is 0.474. The third kappa shape index (κ3) is 3.81. The normalized spacial score (nSPS) is 25.4. The number of aliphatic carboxylic acids is 1. The van der Waals surface area contributed by atoms with Crippen LogP contribution in [0.3, 0.4) is 0 Å². The number of hydrogen-bond donors (Lipinski definition) is 4. The minimum Gasteiger partial charge on any atom is -0.479 e. The molecule has 0 aromatic carbocycles. The van der Waals surface area contributed by atoms with Crippen molar-refractivity contribution in [1.82, 2.24) is 9.55 Å². The van der Waals surface area contributed by atoms with Crippen molar-refractivity contribution in [1.29, 1.82) is 0 Å². The van der Waals surface area contributed by atoms with Gasteiger partial charge in [0.2, 0.25) is 0 Å². The highest BCUT2D eigenvalue weighted by Gasteiger charge is 2.48. The van der Waals surface area contributed by atoms with Crippen molar-refractivity contribution in [2.24, 2.45) is 0 Å². The molecule has 1 unspecified atom stereocenters. The first kappa shape index (κ1) is 18.5. The Morgan fingerprint density at radius 2 is 2.16 bits per heavy atom. The van der Waals surface area contributed by atoms with E-state index in [0.29, 0.717) is 10.8 Å². The maximum Gasteiger partial charge on any atom is 0.413 e. The molecule has 0 radical (unpaired) electrons. The van der Waals surface area contributed by atoms with Gasteiger partial charge in [-0.1, -0.05) is 12.7 Å². The summed E-state index contributed by atoms with van der Waals surface area (Å²) in [5.74, 6) is -3.49. The van der Waals surface area contributed by atoms with Gasteiger partial charge in [-0.3, -0.25) is 9.88 Å². The monoisotopic (exact) mass is 359 g/mol. The van der Waals surface area contributed by atoms with Crippen molar-refractivity contribution < 1.29 is 38.8 Å². The second kappa shape index (κ2) is 7.38. The molecule has 2 heterocycles. The Bertz CT molecular complexity index is 751. The summed E-state index contributed by atoms with van der Waals surface area (Å²) in [6.45, 7) is 3.16. The van der Waals surface area contributed by atoms with E-state index in [0.717, 1.165) is 0 Å². The number of aliphatic hydroxyl groups excluding tert-OH is 2. The predicted octanol–water partition coefficient (Wildman–Crippen LogP) is -1.18. The Labute approximate surface area is 138 Å². The topological polar surface area (TPSA) is 160 Å². The summed E-state index contributed by atoms with van der Waals surface area (Å²) in [4.78, 5) is 37.5. The van der Waals surface area contributed by atoms with Gasteiger partial charge in [0.15, 0.2) is 24.0 Å². The molecule has 0 aliphatic carbocycles. The molecule has 0 spiro atoms. The number of carbonyl (C=O) groups is 2. The maximum atomic E-state index is 14.0. The molecule has 11 nitrogen and oxygen atoms in total. The number of nitrogens with zero attached hydrogens (tertiary/aromatic N) is 2. The van der Waals surface area contributed by atoms with E-state index in [1.54, 1.807) is 0 Å². The first-order valence-corrected chi connectivity index (χ1v) is 6.84. The lowest BCUT2D eigenvalue weighted by molar-refractivity contribution is -0.155. The third-order valence-corrected chi connectivity index (χ3v) is 3.22. The Kier molecular flexibility index (Phi) is 5.46. The zero-order valence-electron chi connectivity index (χ0n) is 12.5. The molecule has 1 aliphatic rings. The molecule has 1 aromatic heterocycles. The van der Waals surface area contributed by atoms with Gasteiger partial charge >= 0.3 is 17.8 Å². The fourth-order valence-electron chi connectivity index (χ4n) is 2.08. The van der Waals surface area contributed by atoms with E-state index < -0.39 is 53.9 Å². The van der Waals surface area contributed by atoms with Crippen molar-refractivity contribution >= 4 is 17.9 Å². The molecule has 136 valence electrons. The first-order valence-electron chi connectivity index (χ1n) is 6.84. The van der Waals surface area contributed by atoms with Gasteiger partial charge in [0, 0.05) is 0 Å². The van der Waals surface area contributed by atoms with Crippen LogP contribution in [0.2, 0.25) is 0 Å². The summed E-state index contributed by atoms with van der Waals surface area (Å²) in [5, 5.41) is 30.2. The summed E-state index contributed by atoms with van der Waals surface area (Å²) in [6, 6.07) is 0. The van der Waals surface area contributed by atoms with Crippen molar-refractivity contribution in [2.75, 3.05) is 11.9 Å². The van der Waals surface area contributed by atoms with Crippen LogP contribution in [0, 0.1) is 5.82 Å². The molecule has 12 heteroatoms. The van der Waals surface area contributed by atoms with Crippen LogP contribution in [-0.2, 0) is 14.3 Å². The number of halogens is 1. The molecule has 4 atom stereocenters. The van der Waals surface area contributed by atoms with E-state index in [2.05, 4.69) is 16.3 Å². The summed E-state index contributed by atoms with van der Waals surface area (Å²) in [5.41, 5.74) is -1.16. The summed E-state index contributed by atoms with van der Waals surface area (Å²) in [7, 11) is 0. The zero-order valence-corrected chi connectivity index (χ0v) is 12.5. The lowest BCUT2D eigenvalue weighted by atomic mass is 10.1. The van der Waals surface area contributed by atoms with Crippen LogP contribution < -0.4 is 11.0 Å². The fourth-order valence-corrected chi connectivity index (χ4v) is 2.08. The first-order chi connectivity index (χ1) is 11.8. The number of carbonyl (C=O) groups excluding carboxylic acids is 1. The van der Waals surface area contributed by atoms with Gasteiger partial charge < -0.3 is 24.8 Å². The SMILES string of the molecule is C=CCOC(=O)Nc1nc(=O)n(C2O[C@H](C(=O)O)[C@@H](O)[C@H]2O)cc1F. The molecule has 0 bridgehead atoms. The molecule has 4 N–H and O–H groups in total. The highest BCUT2D eigenvalue weighted by Crippen LogP contribution is 2.28. The molecule has 1 aromatic rings. The van der Waals surface area contributed by atoms with Crippen LogP contribution in [0.5, 0.6) is 0 Å². The number of nitrogens with one attached hydrogen (secondary N) is 1. The van der Waals surface area contributed by atoms with Crippen LogP contribution in [0.4, 0.5) is 15.0 Å². The van der Waals surface area contributed by atoms with E-state index in [9.17, 15) is 29.0 Å². The average molecular weight is 359 g/mol. The average Bonchev–Trinajstić information content (AvgIpc) is 2.84. The molecular weight excluding hydrogens is 345 g/mol. The second-order valence-electron chi connectivity index (χ2n) is 4.91. The Morgan fingerprint density at radius 1 is 1.48 bits per heavy atom. The third-order valence-electron chi connectivity index (χ3n) is 3.22. The number of carboxylic acids is 1. The molecule has 1 amide bonds. The van der Waals surface area contributed by atoms with Gasteiger partial charge in [-0.05, 0) is 0 Å². The van der Waals surface area contributed by atoms with E-state index >= 15 is 0 Å². The Morgan fingerprint density at radius 3 is 2.72 bits per heavy atom. The lowest BCUT2D eigenvalue weighted by Crippen LogP contribution is -2.37. The predicted molar refractivity (Wildman–Crippen MR) is 77.2 cm³/mol. The zero-order chi connectivity index (χ0) is 18.7. The van der Waals surface area contributed by atoms with Gasteiger partial charge in [0.05, 0.1) is 6.20 Å². The van der Waals surface area contributed by atoms with Gasteiger partial charge in [-0.15, -0.1) is 0 Å². The van der Waals surface area contributed by atoms with E-state index in [1.165, 1.54) is 6.08 Å². The largest absolute Gasteiger partial charge is 0.479 e. The highest BCUT2D eigenvalue weighted by molar-refractivity contribution is 5.83. The number of ether oxygens (including phenoxy) is 2. The number of hydrogen-bond acceptors (Lipinski definition) is 8. The summed E-state index contributed by atoms with van der Waals surface area (Å²) in [6.07, 6.45) is -6.38. The molecule has 0 saturated carbocycles. The van der Waals surface area contributed by atoms with Crippen LogP contribution >= 0.6 is 0 Å². The number of aliphatic hydroxyl groups is 2. The molecule has 1 saturated heterocycles.